The van der Waals surface area contributed by atoms with E-state index in [0.717, 1.165) is 16.7 Å². The van der Waals surface area contributed by atoms with Crippen LogP contribution >= 0.6 is 0 Å². The molecule has 2 aromatic heterocycles. The van der Waals surface area contributed by atoms with E-state index in [9.17, 15) is 4.79 Å². The number of ether oxygens (including phenoxy) is 1. The Balaban J connectivity index is 1.56. The van der Waals surface area contributed by atoms with E-state index in [2.05, 4.69) is 31.3 Å². The topological polar surface area (TPSA) is 85.2 Å². The maximum atomic E-state index is 12.8. The fraction of sp³-hybridized carbons (Fsp3) is 0.280. The number of rotatable bonds is 8. The predicted octanol–water partition coefficient (Wildman–Crippen LogP) is 3.27. The van der Waals surface area contributed by atoms with Crippen molar-refractivity contribution >= 4 is 16.6 Å². The molecule has 8 heteroatoms. The van der Waals surface area contributed by atoms with Crippen molar-refractivity contribution in [2.75, 3.05) is 33.1 Å². The number of hydrogen-bond acceptors (Lipinski definition) is 7. The molecular weight excluding hydrogens is 416 g/mol. The molecule has 2 heterocycles. The first-order valence-corrected chi connectivity index (χ1v) is 10.8. The van der Waals surface area contributed by atoms with Crippen LogP contribution in [0.15, 0.2) is 65.6 Å². The Morgan fingerprint density at radius 3 is 2.64 bits per heavy atom. The summed E-state index contributed by atoms with van der Waals surface area (Å²) in [6.07, 6.45) is 1.71. The Kier molecular flexibility index (Phi) is 6.65. The molecule has 1 atom stereocenters. The van der Waals surface area contributed by atoms with Crippen LogP contribution in [0.25, 0.3) is 10.8 Å². The third kappa shape index (κ3) is 5.01. The van der Waals surface area contributed by atoms with E-state index in [0.29, 0.717) is 29.3 Å². The lowest BCUT2D eigenvalue weighted by atomic mass is 10.0. The average molecular weight is 445 g/mol. The number of nitrogens with zero attached hydrogens (tertiary/aromatic N) is 5. The summed E-state index contributed by atoms with van der Waals surface area (Å²) in [6, 6.07) is 17.4. The summed E-state index contributed by atoms with van der Waals surface area (Å²) >= 11 is 0. The van der Waals surface area contributed by atoms with Crippen molar-refractivity contribution in [1.29, 1.82) is 0 Å². The van der Waals surface area contributed by atoms with Gasteiger partial charge in [-0.05, 0) is 33.2 Å². The molecule has 2 aromatic carbocycles. The van der Waals surface area contributed by atoms with Crippen molar-refractivity contribution in [3.63, 3.8) is 0 Å². The number of aryl methyl sites for hydroxylation is 1. The lowest BCUT2D eigenvalue weighted by Gasteiger charge is -2.26. The van der Waals surface area contributed by atoms with Crippen LogP contribution in [0.2, 0.25) is 0 Å². The summed E-state index contributed by atoms with van der Waals surface area (Å²) in [4.78, 5) is 24.0. The minimum absolute atomic E-state index is 0.0737. The van der Waals surface area contributed by atoms with Crippen LogP contribution in [0.3, 0.4) is 0 Å². The molecule has 0 saturated heterocycles. The first-order chi connectivity index (χ1) is 16.0. The molecule has 0 bridgehead atoms. The van der Waals surface area contributed by atoms with Gasteiger partial charge in [-0.2, -0.15) is 5.10 Å². The average Bonchev–Trinajstić information content (AvgIpc) is 2.81. The molecule has 0 amide bonds. The highest BCUT2D eigenvalue weighted by atomic mass is 16.5. The van der Waals surface area contributed by atoms with Gasteiger partial charge in [-0.15, -0.1) is 0 Å². The zero-order valence-corrected chi connectivity index (χ0v) is 19.3. The second-order valence-corrected chi connectivity index (χ2v) is 8.09. The molecule has 0 unspecified atom stereocenters. The molecular formula is C25H28N6O2. The Morgan fingerprint density at radius 1 is 1.09 bits per heavy atom. The van der Waals surface area contributed by atoms with Crippen LogP contribution in [-0.4, -0.2) is 52.4 Å². The van der Waals surface area contributed by atoms with E-state index in [1.165, 1.54) is 4.68 Å². The van der Waals surface area contributed by atoms with Gasteiger partial charge in [0.1, 0.15) is 17.4 Å². The maximum Gasteiger partial charge on any atom is 0.274 e. The van der Waals surface area contributed by atoms with Gasteiger partial charge >= 0.3 is 0 Å². The predicted molar refractivity (Wildman–Crippen MR) is 130 cm³/mol. The highest BCUT2D eigenvalue weighted by Gasteiger charge is 2.18. The van der Waals surface area contributed by atoms with E-state index >= 15 is 0 Å². The number of hydrogen-bond donors (Lipinski definition) is 1. The van der Waals surface area contributed by atoms with Crippen LogP contribution in [0.1, 0.15) is 23.1 Å². The van der Waals surface area contributed by atoms with Gasteiger partial charge in [0.05, 0.1) is 37.0 Å². The summed E-state index contributed by atoms with van der Waals surface area (Å²) in [6.45, 7) is 2.73. The first kappa shape index (κ1) is 22.4. The second kappa shape index (κ2) is 9.79. The molecule has 0 aliphatic heterocycles. The fourth-order valence-corrected chi connectivity index (χ4v) is 3.91. The van der Waals surface area contributed by atoms with Crippen LogP contribution in [0.5, 0.6) is 5.75 Å². The minimum Gasteiger partial charge on any atom is -0.496 e. The Hall–Kier alpha value is -3.78. The second-order valence-electron chi connectivity index (χ2n) is 8.09. The molecule has 0 aliphatic rings. The highest BCUT2D eigenvalue weighted by molar-refractivity contribution is 5.80. The fourth-order valence-electron chi connectivity index (χ4n) is 3.91. The Labute approximate surface area is 192 Å². The molecule has 170 valence electrons. The molecule has 0 fully saturated rings. The number of aromatic nitrogens is 4. The lowest BCUT2D eigenvalue weighted by molar-refractivity contribution is 0.300. The highest BCUT2D eigenvalue weighted by Crippen LogP contribution is 2.28. The summed E-state index contributed by atoms with van der Waals surface area (Å²) in [5.41, 5.74) is 1.67. The number of nitrogens with one attached hydrogen (secondary N) is 1. The van der Waals surface area contributed by atoms with Crippen molar-refractivity contribution < 1.29 is 4.74 Å². The van der Waals surface area contributed by atoms with E-state index in [4.69, 9.17) is 4.74 Å². The van der Waals surface area contributed by atoms with E-state index < -0.39 is 0 Å². The van der Waals surface area contributed by atoms with E-state index in [1.807, 2.05) is 69.6 Å². The molecule has 4 rings (SSSR count). The quantitative estimate of drug-likeness (QED) is 0.446. The van der Waals surface area contributed by atoms with Gasteiger partial charge in [-0.25, -0.2) is 14.6 Å². The van der Waals surface area contributed by atoms with Gasteiger partial charge < -0.3 is 15.0 Å². The molecule has 8 nitrogen and oxygen atoms in total. The number of anilines is 1. The summed E-state index contributed by atoms with van der Waals surface area (Å²) in [7, 11) is 5.75. The first-order valence-electron chi connectivity index (χ1n) is 10.8. The van der Waals surface area contributed by atoms with Crippen LogP contribution in [-0.2, 0) is 6.54 Å². The zero-order valence-electron chi connectivity index (χ0n) is 19.3. The van der Waals surface area contributed by atoms with E-state index in [1.54, 1.807) is 13.3 Å². The smallest absolute Gasteiger partial charge is 0.274 e. The van der Waals surface area contributed by atoms with Crippen molar-refractivity contribution in [2.45, 2.75) is 19.5 Å². The monoisotopic (exact) mass is 444 g/mol. The minimum atomic E-state index is -0.136. The number of fused-ring (bicyclic) bond motifs is 1. The number of benzene rings is 2. The van der Waals surface area contributed by atoms with Gasteiger partial charge in [0.2, 0.25) is 0 Å². The summed E-state index contributed by atoms with van der Waals surface area (Å²) in [5.74, 6) is 2.18. The van der Waals surface area contributed by atoms with Gasteiger partial charge in [-0.3, -0.25) is 4.79 Å². The number of likely N-dealkylation sites (N-methyl/N-ethyl adjacent to an activating group) is 1. The number of para-hydroxylation sites is 1. The molecule has 1 N–H and O–H groups in total. The maximum absolute atomic E-state index is 12.8. The number of methoxy groups -OCH3 is 1. The standard InChI is InChI=1S/C25H28N6O2/c1-17-28-19(16-31-25(32)20-10-6-5-9-18(20)14-27-31)13-24(29-17)26-15-22(30(2)3)21-11-7-8-12-23(21)33-4/h5-14,22H,15-16H2,1-4H3,(H,26,28,29)/t22-/m1/s1. The van der Waals surface area contributed by atoms with E-state index in [-0.39, 0.29) is 18.1 Å². The molecule has 0 saturated carbocycles. The molecule has 0 radical (unpaired) electrons. The third-order valence-electron chi connectivity index (χ3n) is 5.56. The van der Waals surface area contributed by atoms with Gasteiger partial charge in [-0.1, -0.05) is 36.4 Å². The Morgan fingerprint density at radius 2 is 1.85 bits per heavy atom. The lowest BCUT2D eigenvalue weighted by Crippen LogP contribution is -2.28. The Bertz CT molecular complexity index is 1320. The normalized spacial score (nSPS) is 12.2. The van der Waals surface area contributed by atoms with Crippen molar-refractivity contribution in [3.05, 3.63) is 88.2 Å². The van der Waals surface area contributed by atoms with Gasteiger partial charge in [0, 0.05) is 23.6 Å². The van der Waals surface area contributed by atoms with Crippen molar-refractivity contribution in [3.8, 4) is 5.75 Å². The molecule has 0 spiro atoms. The van der Waals surface area contributed by atoms with Crippen LogP contribution < -0.4 is 15.6 Å². The zero-order chi connectivity index (χ0) is 23.4. The summed E-state index contributed by atoms with van der Waals surface area (Å²) in [5, 5.41) is 9.22. The molecule has 33 heavy (non-hydrogen) atoms. The largest absolute Gasteiger partial charge is 0.496 e. The SMILES string of the molecule is COc1ccccc1[C@@H](CNc1cc(Cn2ncc3ccccc3c2=O)nc(C)n1)N(C)C. The van der Waals surface area contributed by atoms with Gasteiger partial charge in [0.15, 0.2) is 0 Å². The van der Waals surface area contributed by atoms with Gasteiger partial charge in [0.25, 0.3) is 5.56 Å². The van der Waals surface area contributed by atoms with Crippen LogP contribution in [0.4, 0.5) is 5.82 Å². The van der Waals surface area contributed by atoms with Crippen molar-refractivity contribution in [1.82, 2.24) is 24.6 Å². The molecule has 0 aliphatic carbocycles. The van der Waals surface area contributed by atoms with Crippen molar-refractivity contribution in [2.24, 2.45) is 0 Å². The molecule has 4 aromatic rings. The summed E-state index contributed by atoms with van der Waals surface area (Å²) < 4.78 is 6.99. The third-order valence-corrected chi connectivity index (χ3v) is 5.56. The van der Waals surface area contributed by atoms with Crippen LogP contribution in [0, 0.1) is 6.92 Å².